The summed E-state index contributed by atoms with van der Waals surface area (Å²) in [4.78, 5) is 20.7. The van der Waals surface area contributed by atoms with Gasteiger partial charge in [-0.15, -0.1) is 0 Å². The summed E-state index contributed by atoms with van der Waals surface area (Å²) in [6.45, 7) is 5.03. The lowest BCUT2D eigenvalue weighted by Crippen LogP contribution is -2.36. The second-order valence-electron chi connectivity index (χ2n) is 5.05. The Labute approximate surface area is 165 Å². The first kappa shape index (κ1) is 20.3. The first-order chi connectivity index (χ1) is 12.3. The van der Waals surface area contributed by atoms with Crippen LogP contribution in [-0.2, 0) is 9.63 Å². The fraction of sp³-hybridized carbons (Fsp3) is 0.176. The highest BCUT2D eigenvalue weighted by Crippen LogP contribution is 2.29. The van der Waals surface area contributed by atoms with Gasteiger partial charge in [0.2, 0.25) is 5.88 Å². The number of hydrogen-bond donors (Lipinski definition) is 1. The van der Waals surface area contributed by atoms with E-state index in [4.69, 9.17) is 49.1 Å². The third kappa shape index (κ3) is 6.38. The van der Waals surface area contributed by atoms with Gasteiger partial charge in [-0.25, -0.2) is 10.5 Å². The minimum atomic E-state index is -0.780. The Morgan fingerprint density at radius 1 is 1.27 bits per heavy atom. The van der Waals surface area contributed by atoms with Crippen LogP contribution in [0.1, 0.15) is 6.92 Å². The molecule has 1 amide bonds. The van der Waals surface area contributed by atoms with E-state index in [2.05, 4.69) is 17.0 Å². The van der Waals surface area contributed by atoms with Crippen LogP contribution in [0.15, 0.2) is 48.1 Å². The van der Waals surface area contributed by atoms with Gasteiger partial charge >= 0.3 is 0 Å². The monoisotopic (exact) mass is 416 g/mol. The first-order valence-corrected chi connectivity index (χ1v) is 8.49. The third-order valence-corrected chi connectivity index (χ3v) is 3.48. The molecule has 9 heteroatoms. The summed E-state index contributed by atoms with van der Waals surface area (Å²) in [7, 11) is 0. The molecule has 1 N–H and O–H groups in total. The minimum Gasteiger partial charge on any atom is -0.481 e. The number of hydroxylamine groups is 1. The number of nitrogens with zero attached hydrogens (tertiary/aromatic N) is 1. The molecule has 1 heterocycles. The molecule has 1 atom stereocenters. The molecule has 0 bridgehead atoms. The molecule has 0 radical (unpaired) electrons. The van der Waals surface area contributed by atoms with Crippen LogP contribution in [0.2, 0.25) is 10.0 Å². The van der Waals surface area contributed by atoms with Crippen molar-refractivity contribution in [2.45, 2.75) is 13.0 Å². The Kier molecular flexibility index (Phi) is 7.53. The number of aromatic nitrogens is 1. The molecule has 26 heavy (non-hydrogen) atoms. The second kappa shape index (κ2) is 9.64. The van der Waals surface area contributed by atoms with Gasteiger partial charge in [0.25, 0.3) is 5.91 Å². The van der Waals surface area contributed by atoms with Gasteiger partial charge in [-0.1, -0.05) is 41.4 Å². The van der Waals surface area contributed by atoms with E-state index in [9.17, 15) is 4.79 Å². The van der Waals surface area contributed by atoms with Crippen molar-refractivity contribution in [2.75, 3.05) is 6.61 Å². The number of halogens is 3. The van der Waals surface area contributed by atoms with Crippen LogP contribution in [0.3, 0.4) is 0 Å². The summed E-state index contributed by atoms with van der Waals surface area (Å²) < 4.78 is 11.1. The highest BCUT2D eigenvalue weighted by molar-refractivity contribution is 6.35. The lowest BCUT2D eigenvalue weighted by atomic mass is 10.3. The summed E-state index contributed by atoms with van der Waals surface area (Å²) in [6, 6.07) is 8.13. The van der Waals surface area contributed by atoms with Crippen molar-refractivity contribution in [3.63, 3.8) is 0 Å². The summed E-state index contributed by atoms with van der Waals surface area (Å²) in [6.07, 6.45) is 0.653. The van der Waals surface area contributed by atoms with Gasteiger partial charge in [0, 0.05) is 11.2 Å². The van der Waals surface area contributed by atoms with Crippen molar-refractivity contribution in [1.82, 2.24) is 10.5 Å². The molecule has 1 aromatic carbocycles. The number of amides is 1. The van der Waals surface area contributed by atoms with Crippen LogP contribution in [0.5, 0.6) is 17.4 Å². The molecule has 6 nitrogen and oxygen atoms in total. The molecule has 0 spiro atoms. The SMILES string of the molecule is C=C(Cl)CONC(=O)[C@@H](C)Oc1ccc(Oc2ncc(Cl)cc2Cl)cc1. The van der Waals surface area contributed by atoms with Gasteiger partial charge in [0.15, 0.2) is 6.10 Å². The van der Waals surface area contributed by atoms with E-state index in [-0.39, 0.29) is 17.5 Å². The van der Waals surface area contributed by atoms with Gasteiger partial charge in [-0.2, -0.15) is 0 Å². The molecule has 0 aliphatic rings. The van der Waals surface area contributed by atoms with E-state index in [0.29, 0.717) is 21.5 Å². The number of hydrogen-bond acceptors (Lipinski definition) is 5. The van der Waals surface area contributed by atoms with Crippen molar-refractivity contribution in [3.8, 4) is 17.4 Å². The molecular weight excluding hydrogens is 403 g/mol. The van der Waals surface area contributed by atoms with Crippen molar-refractivity contribution in [1.29, 1.82) is 0 Å². The molecular formula is C17H15Cl3N2O4. The predicted octanol–water partition coefficient (Wildman–Crippen LogP) is 4.75. The van der Waals surface area contributed by atoms with E-state index < -0.39 is 12.0 Å². The highest BCUT2D eigenvalue weighted by Gasteiger charge is 2.15. The van der Waals surface area contributed by atoms with Crippen molar-refractivity contribution < 1.29 is 19.1 Å². The van der Waals surface area contributed by atoms with E-state index in [1.807, 2.05) is 0 Å². The molecule has 0 unspecified atom stereocenters. The second-order valence-corrected chi connectivity index (χ2v) is 6.42. The molecule has 0 aliphatic heterocycles. The molecule has 1 aromatic heterocycles. The predicted molar refractivity (Wildman–Crippen MR) is 100.0 cm³/mol. The van der Waals surface area contributed by atoms with E-state index >= 15 is 0 Å². The fourth-order valence-electron chi connectivity index (χ4n) is 1.70. The van der Waals surface area contributed by atoms with E-state index in [0.717, 1.165) is 0 Å². The molecule has 138 valence electrons. The Balaban J connectivity index is 1.90. The average molecular weight is 418 g/mol. The zero-order chi connectivity index (χ0) is 19.1. The number of benzene rings is 1. The van der Waals surface area contributed by atoms with Crippen molar-refractivity contribution >= 4 is 40.7 Å². The van der Waals surface area contributed by atoms with Crippen LogP contribution in [0, 0.1) is 0 Å². The Hall–Kier alpha value is -1.99. The van der Waals surface area contributed by atoms with E-state index in [1.165, 1.54) is 12.3 Å². The first-order valence-electron chi connectivity index (χ1n) is 7.35. The maximum atomic E-state index is 11.8. The van der Waals surface area contributed by atoms with Crippen molar-refractivity contribution in [3.05, 3.63) is 58.2 Å². The third-order valence-electron chi connectivity index (χ3n) is 2.90. The lowest BCUT2D eigenvalue weighted by Gasteiger charge is -2.14. The highest BCUT2D eigenvalue weighted by atomic mass is 35.5. The Bertz CT molecular complexity index is 784. The maximum Gasteiger partial charge on any atom is 0.284 e. The number of ether oxygens (including phenoxy) is 2. The van der Waals surface area contributed by atoms with Crippen LogP contribution in [-0.4, -0.2) is 23.6 Å². The van der Waals surface area contributed by atoms with Crippen molar-refractivity contribution in [2.24, 2.45) is 0 Å². The van der Waals surface area contributed by atoms with Crippen LogP contribution < -0.4 is 15.0 Å². The Morgan fingerprint density at radius 3 is 2.54 bits per heavy atom. The molecule has 2 rings (SSSR count). The van der Waals surface area contributed by atoms with Crippen LogP contribution in [0.4, 0.5) is 0 Å². The van der Waals surface area contributed by atoms with Gasteiger partial charge in [0.1, 0.15) is 23.1 Å². The smallest absolute Gasteiger partial charge is 0.284 e. The molecule has 0 saturated heterocycles. The van der Waals surface area contributed by atoms with E-state index in [1.54, 1.807) is 31.2 Å². The largest absolute Gasteiger partial charge is 0.481 e. The number of pyridine rings is 1. The molecule has 0 fully saturated rings. The number of carbonyl (C=O) groups is 1. The fourth-order valence-corrected chi connectivity index (χ4v) is 2.17. The normalized spacial score (nSPS) is 11.5. The molecule has 2 aromatic rings. The standard InChI is InChI=1S/C17H15Cl3N2O4/c1-10(18)9-24-22-16(23)11(2)25-13-3-5-14(6-4-13)26-17-15(20)7-12(19)8-21-17/h3-8,11H,1,9H2,2H3,(H,22,23)/t11-/m1/s1. The number of nitrogens with one attached hydrogen (secondary N) is 1. The zero-order valence-electron chi connectivity index (χ0n) is 13.7. The molecule has 0 aliphatic carbocycles. The molecule has 0 saturated carbocycles. The van der Waals surface area contributed by atoms with Gasteiger partial charge in [-0.05, 0) is 37.3 Å². The number of carbonyl (C=O) groups excluding carboxylic acids is 1. The minimum absolute atomic E-state index is 0.00729. The maximum absolute atomic E-state index is 11.8. The number of rotatable bonds is 8. The lowest BCUT2D eigenvalue weighted by molar-refractivity contribution is -0.139. The topological polar surface area (TPSA) is 69.7 Å². The van der Waals surface area contributed by atoms with Crippen LogP contribution >= 0.6 is 34.8 Å². The quantitative estimate of drug-likeness (QED) is 0.628. The summed E-state index contributed by atoms with van der Waals surface area (Å²) in [5, 5.41) is 0.977. The summed E-state index contributed by atoms with van der Waals surface area (Å²) >= 11 is 17.3. The Morgan fingerprint density at radius 2 is 1.92 bits per heavy atom. The van der Waals surface area contributed by atoms with Crippen LogP contribution in [0.25, 0.3) is 0 Å². The van der Waals surface area contributed by atoms with Gasteiger partial charge < -0.3 is 9.47 Å². The zero-order valence-corrected chi connectivity index (χ0v) is 15.9. The summed E-state index contributed by atoms with van der Waals surface area (Å²) in [5.74, 6) is 0.739. The summed E-state index contributed by atoms with van der Waals surface area (Å²) in [5.41, 5.74) is 2.22. The van der Waals surface area contributed by atoms with Gasteiger partial charge in [-0.3, -0.25) is 9.63 Å². The van der Waals surface area contributed by atoms with Gasteiger partial charge in [0.05, 0.1) is 5.02 Å². The average Bonchev–Trinajstić information content (AvgIpc) is 2.58.